The molecule has 0 radical (unpaired) electrons. The Balaban J connectivity index is 1.75. The first-order valence-corrected chi connectivity index (χ1v) is 9.82. The lowest BCUT2D eigenvalue weighted by Crippen LogP contribution is -2.50. The number of hydrazine groups is 1. The van der Waals surface area contributed by atoms with E-state index in [1.165, 1.54) is 0 Å². The van der Waals surface area contributed by atoms with Crippen molar-refractivity contribution < 1.29 is 14.3 Å². The average molecular weight is 373 g/mol. The van der Waals surface area contributed by atoms with Gasteiger partial charge in [0.2, 0.25) is 0 Å². The number of carbonyl (C=O) groups excluding carboxylic acids is 1. The number of hydrogen-bond donors (Lipinski definition) is 1. The Hall–Kier alpha value is -2.05. The van der Waals surface area contributed by atoms with E-state index in [-0.39, 0.29) is 5.91 Å². The molecule has 27 heavy (non-hydrogen) atoms. The molecule has 1 N–H and O–H groups in total. The smallest absolute Gasteiger partial charge is 0.282 e. The second kappa shape index (κ2) is 8.76. The van der Waals surface area contributed by atoms with Crippen molar-refractivity contribution in [2.75, 3.05) is 32.9 Å². The molecule has 0 aromatic rings. The molecule has 0 atom stereocenters. The number of morpholine rings is 1. The van der Waals surface area contributed by atoms with Crippen molar-refractivity contribution in [2.24, 2.45) is 5.92 Å². The lowest BCUT2D eigenvalue weighted by Gasteiger charge is -2.36. The van der Waals surface area contributed by atoms with E-state index in [2.05, 4.69) is 31.4 Å². The molecule has 1 amide bonds. The topological polar surface area (TPSA) is 54.0 Å². The molecule has 0 aliphatic carbocycles. The Kier molecular flexibility index (Phi) is 6.39. The minimum atomic E-state index is -0.0764. The van der Waals surface area contributed by atoms with Gasteiger partial charge in [0.1, 0.15) is 11.5 Å². The van der Waals surface area contributed by atoms with Crippen LogP contribution in [0.25, 0.3) is 0 Å². The first kappa shape index (κ1) is 19.7. The van der Waals surface area contributed by atoms with Crippen LogP contribution in [-0.2, 0) is 14.3 Å². The molecule has 0 spiro atoms. The van der Waals surface area contributed by atoms with Gasteiger partial charge < -0.3 is 14.4 Å². The van der Waals surface area contributed by atoms with E-state index in [0.29, 0.717) is 44.5 Å². The number of nitrogens with zero attached hydrogens (tertiary/aromatic N) is 2. The Labute approximate surface area is 162 Å². The van der Waals surface area contributed by atoms with Crippen molar-refractivity contribution in [1.82, 2.24) is 15.3 Å². The van der Waals surface area contributed by atoms with E-state index in [1.807, 2.05) is 30.0 Å². The summed E-state index contributed by atoms with van der Waals surface area (Å²) in [6.45, 7) is 11.8. The second-order valence-electron chi connectivity index (χ2n) is 7.75. The molecular formula is C21H31N3O3. The highest BCUT2D eigenvalue weighted by atomic mass is 16.5. The summed E-state index contributed by atoms with van der Waals surface area (Å²) >= 11 is 0. The first-order valence-electron chi connectivity index (χ1n) is 9.82. The van der Waals surface area contributed by atoms with Crippen molar-refractivity contribution in [2.45, 2.75) is 40.5 Å². The number of allylic oxidation sites excluding steroid dienone is 4. The van der Waals surface area contributed by atoms with Crippen LogP contribution in [0, 0.1) is 5.92 Å². The van der Waals surface area contributed by atoms with Crippen molar-refractivity contribution in [3.63, 3.8) is 0 Å². The molecule has 1 fully saturated rings. The highest BCUT2D eigenvalue weighted by Gasteiger charge is 2.30. The average Bonchev–Trinajstić information content (AvgIpc) is 2.61. The van der Waals surface area contributed by atoms with Gasteiger partial charge in [-0.05, 0) is 49.8 Å². The zero-order chi connectivity index (χ0) is 19.4. The lowest BCUT2D eigenvalue weighted by molar-refractivity contribution is -0.125. The van der Waals surface area contributed by atoms with Crippen LogP contribution in [0.15, 0.2) is 46.7 Å². The van der Waals surface area contributed by atoms with Crippen molar-refractivity contribution in [3.8, 4) is 0 Å². The third kappa shape index (κ3) is 4.82. The van der Waals surface area contributed by atoms with Crippen molar-refractivity contribution >= 4 is 5.91 Å². The SMILES string of the molecule is CC1=CN2C(=CCC(C)=C2C(=O)NN2CCOCC2)C(OCCC(C)C)=C1. The molecule has 3 rings (SSSR count). The Bertz CT molecular complexity index is 697. The van der Waals surface area contributed by atoms with Crippen LogP contribution >= 0.6 is 0 Å². The summed E-state index contributed by atoms with van der Waals surface area (Å²) in [5.41, 5.74) is 6.81. The maximum absolute atomic E-state index is 13.0. The van der Waals surface area contributed by atoms with Crippen LogP contribution in [0.5, 0.6) is 0 Å². The molecule has 6 heteroatoms. The monoisotopic (exact) mass is 373 g/mol. The standard InChI is InChI=1S/C21H31N3O3/c1-15(2)7-10-27-19-13-16(3)14-24-18(19)6-5-17(4)20(24)21(25)22-23-8-11-26-12-9-23/h6,13-15H,5,7-12H2,1-4H3,(H,22,25). The Morgan fingerprint density at radius 3 is 2.74 bits per heavy atom. The summed E-state index contributed by atoms with van der Waals surface area (Å²) in [7, 11) is 0. The molecule has 3 heterocycles. The highest BCUT2D eigenvalue weighted by Crippen LogP contribution is 2.34. The van der Waals surface area contributed by atoms with Gasteiger partial charge >= 0.3 is 0 Å². The van der Waals surface area contributed by atoms with Gasteiger partial charge in [-0.15, -0.1) is 0 Å². The van der Waals surface area contributed by atoms with E-state index in [4.69, 9.17) is 9.47 Å². The van der Waals surface area contributed by atoms with E-state index < -0.39 is 0 Å². The normalized spacial score (nSPS) is 20.8. The third-order valence-electron chi connectivity index (χ3n) is 4.89. The zero-order valence-electron chi connectivity index (χ0n) is 16.9. The third-order valence-corrected chi connectivity index (χ3v) is 4.89. The number of hydrogen-bond acceptors (Lipinski definition) is 5. The van der Waals surface area contributed by atoms with Crippen LogP contribution in [0.2, 0.25) is 0 Å². The Morgan fingerprint density at radius 2 is 2.04 bits per heavy atom. The molecule has 6 nitrogen and oxygen atoms in total. The van der Waals surface area contributed by atoms with E-state index in [0.717, 1.165) is 35.4 Å². The number of ether oxygens (including phenoxy) is 2. The number of nitrogens with one attached hydrogen (secondary N) is 1. The zero-order valence-corrected chi connectivity index (χ0v) is 16.9. The summed E-state index contributed by atoms with van der Waals surface area (Å²) in [5.74, 6) is 1.37. The predicted octanol–water partition coefficient (Wildman–Crippen LogP) is 3.08. The molecule has 0 unspecified atom stereocenters. The quantitative estimate of drug-likeness (QED) is 0.775. The fourth-order valence-corrected chi connectivity index (χ4v) is 3.34. The maximum atomic E-state index is 13.0. The summed E-state index contributed by atoms with van der Waals surface area (Å²) in [4.78, 5) is 15.0. The van der Waals surface area contributed by atoms with Crippen molar-refractivity contribution in [1.29, 1.82) is 0 Å². The Morgan fingerprint density at radius 1 is 1.30 bits per heavy atom. The molecule has 0 saturated carbocycles. The van der Waals surface area contributed by atoms with E-state index >= 15 is 0 Å². The van der Waals surface area contributed by atoms with Crippen LogP contribution in [0.4, 0.5) is 0 Å². The number of rotatable bonds is 6. The van der Waals surface area contributed by atoms with E-state index in [9.17, 15) is 4.79 Å². The first-order chi connectivity index (χ1) is 13.0. The second-order valence-corrected chi connectivity index (χ2v) is 7.75. The number of fused-ring (bicyclic) bond motifs is 1. The lowest BCUT2D eigenvalue weighted by atomic mass is 10.0. The van der Waals surface area contributed by atoms with Crippen LogP contribution in [-0.4, -0.2) is 48.7 Å². The molecule has 148 valence electrons. The molecule has 3 aliphatic rings. The maximum Gasteiger partial charge on any atom is 0.282 e. The number of carbonyl (C=O) groups is 1. The van der Waals surface area contributed by atoms with Gasteiger partial charge in [0, 0.05) is 19.3 Å². The predicted molar refractivity (Wildman–Crippen MR) is 105 cm³/mol. The fourth-order valence-electron chi connectivity index (χ4n) is 3.34. The van der Waals surface area contributed by atoms with Gasteiger partial charge in [-0.3, -0.25) is 10.2 Å². The molecule has 0 aromatic heterocycles. The van der Waals surface area contributed by atoms with Gasteiger partial charge in [0.25, 0.3) is 5.91 Å². The molecule has 0 aromatic carbocycles. The molecule has 0 bridgehead atoms. The summed E-state index contributed by atoms with van der Waals surface area (Å²) in [6, 6.07) is 0. The minimum Gasteiger partial charge on any atom is -0.491 e. The van der Waals surface area contributed by atoms with Crippen LogP contribution in [0.1, 0.15) is 40.5 Å². The largest absolute Gasteiger partial charge is 0.491 e. The van der Waals surface area contributed by atoms with Crippen LogP contribution in [0.3, 0.4) is 0 Å². The van der Waals surface area contributed by atoms with Gasteiger partial charge in [0.05, 0.1) is 25.5 Å². The molecular weight excluding hydrogens is 342 g/mol. The minimum absolute atomic E-state index is 0.0764. The van der Waals surface area contributed by atoms with Gasteiger partial charge in [-0.2, -0.15) is 0 Å². The number of amides is 1. The fraction of sp³-hybridized carbons (Fsp3) is 0.571. The van der Waals surface area contributed by atoms with Gasteiger partial charge in [0.15, 0.2) is 0 Å². The summed E-state index contributed by atoms with van der Waals surface area (Å²) < 4.78 is 11.4. The van der Waals surface area contributed by atoms with Gasteiger partial charge in [-0.25, -0.2) is 5.01 Å². The molecule has 1 saturated heterocycles. The van der Waals surface area contributed by atoms with Crippen LogP contribution < -0.4 is 5.43 Å². The van der Waals surface area contributed by atoms with Crippen molar-refractivity contribution in [3.05, 3.63) is 46.7 Å². The molecule has 3 aliphatic heterocycles. The van der Waals surface area contributed by atoms with Gasteiger partial charge in [-0.1, -0.05) is 19.9 Å². The summed E-state index contributed by atoms with van der Waals surface area (Å²) in [6.07, 6.45) is 7.96. The highest BCUT2D eigenvalue weighted by molar-refractivity contribution is 5.94. The van der Waals surface area contributed by atoms with E-state index in [1.54, 1.807) is 0 Å². The summed E-state index contributed by atoms with van der Waals surface area (Å²) in [5, 5.41) is 1.93.